The predicted octanol–water partition coefficient (Wildman–Crippen LogP) is 0.0809. The van der Waals surface area contributed by atoms with Crippen LogP contribution in [-0.4, -0.2) is 64.4 Å². The highest BCUT2D eigenvalue weighted by Gasteiger charge is 2.39. The van der Waals surface area contributed by atoms with E-state index in [1.165, 1.54) is 11.8 Å². The lowest BCUT2D eigenvalue weighted by molar-refractivity contribution is -0.150. The molecule has 0 spiro atoms. The number of nitrogens with two attached hydrogens (primary N) is 1. The monoisotopic (exact) mass is 398 g/mol. The lowest BCUT2D eigenvalue weighted by atomic mass is 9.96. The van der Waals surface area contributed by atoms with E-state index in [0.29, 0.717) is 25.8 Å². The van der Waals surface area contributed by atoms with Gasteiger partial charge in [0.2, 0.25) is 17.7 Å². The molecule has 1 saturated heterocycles. The Kier molecular flexibility index (Phi) is 8.87. The van der Waals surface area contributed by atoms with E-state index in [0.717, 1.165) is 0 Å². The van der Waals surface area contributed by atoms with Gasteiger partial charge in [-0.15, -0.1) is 0 Å². The molecule has 0 aromatic rings. The maximum absolute atomic E-state index is 13.0. The number of hydrogen-bond acceptors (Lipinski definition) is 5. The van der Waals surface area contributed by atoms with Gasteiger partial charge in [0.05, 0.1) is 6.04 Å². The van der Waals surface area contributed by atoms with Gasteiger partial charge in [-0.3, -0.25) is 14.4 Å². The summed E-state index contributed by atoms with van der Waals surface area (Å²) in [6.07, 6.45) is 1.66. The second-order valence-electron chi connectivity index (χ2n) is 7.92. The van der Waals surface area contributed by atoms with Gasteiger partial charge in [0.15, 0.2) is 0 Å². The molecule has 1 aliphatic heterocycles. The van der Waals surface area contributed by atoms with Gasteiger partial charge in [0.25, 0.3) is 0 Å². The minimum atomic E-state index is -1.04. The first-order valence-electron chi connectivity index (χ1n) is 9.90. The van der Waals surface area contributed by atoms with Crippen LogP contribution in [0.5, 0.6) is 0 Å². The highest BCUT2D eigenvalue weighted by Crippen LogP contribution is 2.20. The third-order valence-electron chi connectivity index (χ3n) is 5.26. The van der Waals surface area contributed by atoms with Crippen LogP contribution in [0.15, 0.2) is 0 Å². The van der Waals surface area contributed by atoms with Gasteiger partial charge in [-0.1, -0.05) is 34.1 Å². The van der Waals surface area contributed by atoms with E-state index in [2.05, 4.69) is 10.6 Å². The van der Waals surface area contributed by atoms with Crippen LogP contribution in [0.2, 0.25) is 0 Å². The Bertz CT molecular complexity index is 593. The van der Waals surface area contributed by atoms with Crippen LogP contribution in [-0.2, 0) is 19.2 Å². The number of carbonyl (C=O) groups excluding carboxylic acids is 3. The van der Waals surface area contributed by atoms with Crippen molar-refractivity contribution in [3.8, 4) is 0 Å². The van der Waals surface area contributed by atoms with Crippen LogP contribution in [0.1, 0.15) is 53.9 Å². The second-order valence-corrected chi connectivity index (χ2v) is 7.92. The Morgan fingerprint density at radius 3 is 2.11 bits per heavy atom. The maximum Gasteiger partial charge on any atom is 0.326 e. The van der Waals surface area contributed by atoms with Crippen molar-refractivity contribution in [1.29, 1.82) is 0 Å². The first kappa shape index (κ1) is 23.9. The molecule has 28 heavy (non-hydrogen) atoms. The number of nitrogens with zero attached hydrogens (tertiary/aromatic N) is 1. The van der Waals surface area contributed by atoms with E-state index < -0.39 is 47.9 Å². The van der Waals surface area contributed by atoms with Gasteiger partial charge >= 0.3 is 5.97 Å². The number of hydrogen-bond donors (Lipinski definition) is 4. The van der Waals surface area contributed by atoms with Gasteiger partial charge in [0, 0.05) is 6.54 Å². The van der Waals surface area contributed by atoms with Gasteiger partial charge in [-0.05, 0) is 31.6 Å². The molecule has 1 rings (SSSR count). The minimum Gasteiger partial charge on any atom is -0.480 e. The zero-order valence-electron chi connectivity index (χ0n) is 17.4. The largest absolute Gasteiger partial charge is 0.480 e. The predicted molar refractivity (Wildman–Crippen MR) is 104 cm³/mol. The third kappa shape index (κ3) is 5.92. The van der Waals surface area contributed by atoms with Crippen LogP contribution < -0.4 is 16.4 Å². The number of carboxylic acids is 1. The van der Waals surface area contributed by atoms with Crippen LogP contribution in [0.25, 0.3) is 0 Å². The Balaban J connectivity index is 2.98. The lowest BCUT2D eigenvalue weighted by Crippen LogP contribution is -2.59. The first-order valence-corrected chi connectivity index (χ1v) is 9.90. The van der Waals surface area contributed by atoms with E-state index in [9.17, 15) is 24.3 Å². The Morgan fingerprint density at radius 1 is 1.07 bits per heavy atom. The summed E-state index contributed by atoms with van der Waals surface area (Å²) in [6, 6.07) is -3.32. The molecule has 0 aromatic heterocycles. The smallest absolute Gasteiger partial charge is 0.326 e. The molecular formula is C19H34N4O5. The Hall–Kier alpha value is -2.16. The van der Waals surface area contributed by atoms with E-state index in [-0.39, 0.29) is 11.8 Å². The van der Waals surface area contributed by atoms with E-state index in [1.54, 1.807) is 13.8 Å². The summed E-state index contributed by atoms with van der Waals surface area (Å²) in [5, 5.41) is 14.7. The average Bonchev–Trinajstić information content (AvgIpc) is 3.12. The molecule has 0 saturated carbocycles. The lowest BCUT2D eigenvalue weighted by Gasteiger charge is -2.31. The fraction of sp³-hybridized carbons (Fsp3) is 0.789. The van der Waals surface area contributed by atoms with Crippen molar-refractivity contribution in [3.05, 3.63) is 0 Å². The molecule has 0 radical (unpaired) electrons. The van der Waals surface area contributed by atoms with Crippen LogP contribution >= 0.6 is 0 Å². The van der Waals surface area contributed by atoms with Gasteiger partial charge in [-0.2, -0.15) is 0 Å². The second kappa shape index (κ2) is 10.4. The maximum atomic E-state index is 13.0. The summed E-state index contributed by atoms with van der Waals surface area (Å²) in [4.78, 5) is 50.6. The van der Waals surface area contributed by atoms with E-state index in [1.807, 2.05) is 13.8 Å². The minimum absolute atomic E-state index is 0.163. The number of aliphatic carboxylic acids is 1. The molecule has 3 amide bonds. The van der Waals surface area contributed by atoms with Crippen molar-refractivity contribution in [1.82, 2.24) is 15.5 Å². The van der Waals surface area contributed by atoms with Crippen molar-refractivity contribution < 1.29 is 24.3 Å². The Labute approximate surface area is 166 Å². The zero-order valence-corrected chi connectivity index (χ0v) is 17.4. The number of amides is 3. The summed E-state index contributed by atoms with van der Waals surface area (Å²) in [6.45, 7) is 9.18. The molecule has 160 valence electrons. The summed E-state index contributed by atoms with van der Waals surface area (Å²) in [5.41, 5.74) is 5.59. The summed E-state index contributed by atoms with van der Waals surface area (Å²) in [5.74, 6) is -2.77. The van der Waals surface area contributed by atoms with Crippen LogP contribution in [0.4, 0.5) is 0 Å². The van der Waals surface area contributed by atoms with Crippen molar-refractivity contribution in [2.45, 2.75) is 78.0 Å². The summed E-state index contributed by atoms with van der Waals surface area (Å²) < 4.78 is 0. The molecule has 9 heteroatoms. The van der Waals surface area contributed by atoms with E-state index in [4.69, 9.17) is 5.73 Å². The molecule has 1 aliphatic rings. The molecule has 1 fully saturated rings. The SMILES string of the molecule is CCC(C)C(NC(=O)C(C)N)C(=O)NC(C(=O)N1CCCC1C(=O)O)C(C)C. The first-order chi connectivity index (χ1) is 13.0. The highest BCUT2D eigenvalue weighted by molar-refractivity contribution is 5.94. The van der Waals surface area contributed by atoms with Gasteiger partial charge in [-0.25, -0.2) is 4.79 Å². The fourth-order valence-corrected chi connectivity index (χ4v) is 3.21. The van der Waals surface area contributed by atoms with E-state index >= 15 is 0 Å². The van der Waals surface area contributed by atoms with Crippen molar-refractivity contribution >= 4 is 23.7 Å². The number of carboxylic acid groups (broad SMARTS) is 1. The molecule has 5 unspecified atom stereocenters. The van der Waals surface area contributed by atoms with Gasteiger partial charge in [0.1, 0.15) is 18.1 Å². The standard InChI is InChI=1S/C19H34N4O5/c1-6-11(4)15(22-16(24)12(5)20)17(25)21-14(10(2)3)18(26)23-9-7-8-13(23)19(27)28/h10-15H,6-9,20H2,1-5H3,(H,21,25)(H,22,24)(H,27,28). The molecule has 0 bridgehead atoms. The Morgan fingerprint density at radius 2 is 1.64 bits per heavy atom. The molecule has 0 aromatic carbocycles. The summed E-state index contributed by atoms with van der Waals surface area (Å²) >= 11 is 0. The number of rotatable bonds is 9. The summed E-state index contributed by atoms with van der Waals surface area (Å²) in [7, 11) is 0. The molecule has 0 aliphatic carbocycles. The topological polar surface area (TPSA) is 142 Å². The van der Waals surface area contributed by atoms with Crippen molar-refractivity contribution in [3.63, 3.8) is 0 Å². The van der Waals surface area contributed by atoms with Crippen LogP contribution in [0.3, 0.4) is 0 Å². The third-order valence-corrected chi connectivity index (χ3v) is 5.26. The molecule has 9 nitrogen and oxygen atoms in total. The molecule has 5 atom stereocenters. The highest BCUT2D eigenvalue weighted by atomic mass is 16.4. The van der Waals surface area contributed by atoms with Crippen molar-refractivity contribution in [2.75, 3.05) is 6.54 Å². The molecule has 1 heterocycles. The molecule has 5 N–H and O–H groups in total. The average molecular weight is 399 g/mol. The normalized spacial score (nSPS) is 21.0. The molecular weight excluding hydrogens is 364 g/mol. The van der Waals surface area contributed by atoms with Gasteiger partial charge < -0.3 is 26.4 Å². The zero-order chi connectivity index (χ0) is 21.6. The number of nitrogens with one attached hydrogen (secondary N) is 2. The number of carbonyl (C=O) groups is 4. The van der Waals surface area contributed by atoms with Crippen molar-refractivity contribution in [2.24, 2.45) is 17.6 Å². The number of likely N-dealkylation sites (tertiary alicyclic amines) is 1. The van der Waals surface area contributed by atoms with Crippen LogP contribution in [0, 0.1) is 11.8 Å². The quantitative estimate of drug-likeness (QED) is 0.433. The fourth-order valence-electron chi connectivity index (χ4n) is 3.21.